The molecule has 5 heteroatoms. The molecule has 1 saturated carbocycles. The zero-order valence-corrected chi connectivity index (χ0v) is 11.7. The van der Waals surface area contributed by atoms with E-state index in [1.807, 2.05) is 0 Å². The van der Waals surface area contributed by atoms with Crippen molar-refractivity contribution < 1.29 is 14.6 Å². The summed E-state index contributed by atoms with van der Waals surface area (Å²) in [5.74, 6) is -0.354. The van der Waals surface area contributed by atoms with Crippen LogP contribution in [-0.4, -0.2) is 23.8 Å². The zero-order valence-electron chi connectivity index (χ0n) is 10.2. The van der Waals surface area contributed by atoms with Crippen LogP contribution in [-0.2, 0) is 14.9 Å². The zero-order chi connectivity index (χ0) is 13.6. The quantitative estimate of drug-likeness (QED) is 0.851. The lowest BCUT2D eigenvalue weighted by atomic mass is 9.56. The molecule has 1 fully saturated rings. The van der Waals surface area contributed by atoms with Crippen molar-refractivity contribution in [3.8, 4) is 0 Å². The van der Waals surface area contributed by atoms with E-state index in [1.54, 1.807) is 25.1 Å². The lowest BCUT2D eigenvalue weighted by molar-refractivity contribution is -0.165. The largest absolute Gasteiger partial charge is 0.468 e. The fourth-order valence-electron chi connectivity index (χ4n) is 2.70. The van der Waals surface area contributed by atoms with Crippen LogP contribution >= 0.6 is 23.2 Å². The topological polar surface area (TPSA) is 46.5 Å². The number of carbonyl (C=O) groups is 1. The van der Waals surface area contributed by atoms with Gasteiger partial charge in [-0.05, 0) is 37.5 Å². The summed E-state index contributed by atoms with van der Waals surface area (Å²) in [7, 11) is 1.34. The molecule has 98 valence electrons. The van der Waals surface area contributed by atoms with Crippen molar-refractivity contribution in [3.63, 3.8) is 0 Å². The van der Waals surface area contributed by atoms with Gasteiger partial charge >= 0.3 is 5.97 Å². The molecule has 1 aliphatic rings. The molecule has 0 spiro atoms. The molecule has 1 N–H and O–H groups in total. The van der Waals surface area contributed by atoms with Crippen LogP contribution in [0.2, 0.25) is 10.0 Å². The second-order valence-electron chi connectivity index (χ2n) is 5.05. The Morgan fingerprint density at radius 1 is 1.33 bits per heavy atom. The lowest BCUT2D eigenvalue weighted by Crippen LogP contribution is -2.57. The third-order valence-electron chi connectivity index (χ3n) is 3.41. The maximum absolute atomic E-state index is 12.0. The molecule has 0 atom stereocenters. The van der Waals surface area contributed by atoms with Gasteiger partial charge in [-0.25, -0.2) is 0 Å². The van der Waals surface area contributed by atoms with Crippen LogP contribution in [0.3, 0.4) is 0 Å². The van der Waals surface area contributed by atoms with Crippen LogP contribution in [0.1, 0.15) is 25.3 Å². The highest BCUT2D eigenvalue weighted by Gasteiger charge is 2.57. The molecule has 0 amide bonds. The van der Waals surface area contributed by atoms with E-state index >= 15 is 0 Å². The molecule has 0 heterocycles. The Morgan fingerprint density at radius 3 is 2.39 bits per heavy atom. The molecule has 0 unspecified atom stereocenters. The van der Waals surface area contributed by atoms with Gasteiger partial charge in [0.1, 0.15) is 0 Å². The molecule has 1 aromatic carbocycles. The number of benzene rings is 1. The van der Waals surface area contributed by atoms with Gasteiger partial charge in [0.25, 0.3) is 0 Å². The van der Waals surface area contributed by atoms with E-state index in [-0.39, 0.29) is 5.97 Å². The predicted molar refractivity (Wildman–Crippen MR) is 70.0 cm³/mol. The average molecular weight is 289 g/mol. The van der Waals surface area contributed by atoms with Crippen molar-refractivity contribution in [2.45, 2.75) is 30.8 Å². The van der Waals surface area contributed by atoms with E-state index in [4.69, 9.17) is 27.9 Å². The monoisotopic (exact) mass is 288 g/mol. The molecule has 0 bridgehead atoms. The van der Waals surface area contributed by atoms with E-state index in [9.17, 15) is 9.90 Å². The summed E-state index contributed by atoms with van der Waals surface area (Å²) < 4.78 is 4.85. The number of aliphatic hydroxyl groups is 1. The van der Waals surface area contributed by atoms with Crippen LogP contribution in [0.5, 0.6) is 0 Å². The fourth-order valence-corrected chi connectivity index (χ4v) is 3.00. The summed E-state index contributed by atoms with van der Waals surface area (Å²) in [6, 6.07) is 5.06. The Balaban J connectivity index is 2.42. The van der Waals surface area contributed by atoms with Crippen LogP contribution < -0.4 is 0 Å². The summed E-state index contributed by atoms with van der Waals surface area (Å²) in [6.45, 7) is 1.70. The van der Waals surface area contributed by atoms with Gasteiger partial charge in [-0.15, -0.1) is 0 Å². The first kappa shape index (κ1) is 13.7. The van der Waals surface area contributed by atoms with Crippen molar-refractivity contribution in [1.29, 1.82) is 0 Å². The van der Waals surface area contributed by atoms with E-state index < -0.39 is 11.0 Å². The molecule has 0 saturated heterocycles. The highest BCUT2D eigenvalue weighted by Crippen LogP contribution is 2.51. The van der Waals surface area contributed by atoms with Crippen molar-refractivity contribution >= 4 is 29.2 Å². The first-order valence-corrected chi connectivity index (χ1v) is 6.33. The third kappa shape index (κ3) is 2.11. The summed E-state index contributed by atoms with van der Waals surface area (Å²) >= 11 is 11.8. The highest BCUT2D eigenvalue weighted by molar-refractivity contribution is 6.42. The summed E-state index contributed by atoms with van der Waals surface area (Å²) in [5, 5.41) is 10.7. The van der Waals surface area contributed by atoms with Gasteiger partial charge in [-0.2, -0.15) is 0 Å². The smallest absolute Gasteiger partial charge is 0.316 e. The Labute approximate surface area is 116 Å². The highest BCUT2D eigenvalue weighted by atomic mass is 35.5. The second-order valence-corrected chi connectivity index (χ2v) is 5.87. The first-order valence-electron chi connectivity index (χ1n) is 5.57. The second kappa shape index (κ2) is 4.41. The van der Waals surface area contributed by atoms with Crippen LogP contribution in [0, 0.1) is 0 Å². The standard InChI is InChI=1S/C13H14Cl2O3/c1-12(17)6-13(7-12,11(16)18-2)8-3-4-9(14)10(15)5-8/h3-5,17H,6-7H2,1-2H3. The van der Waals surface area contributed by atoms with Crippen LogP contribution in [0.4, 0.5) is 0 Å². The summed E-state index contributed by atoms with van der Waals surface area (Å²) in [4.78, 5) is 12.0. The van der Waals surface area contributed by atoms with Gasteiger partial charge in [-0.3, -0.25) is 4.79 Å². The molecule has 0 radical (unpaired) electrons. The number of methoxy groups -OCH3 is 1. The Kier molecular flexibility index (Phi) is 3.34. The number of rotatable bonds is 2. The summed E-state index contributed by atoms with van der Waals surface area (Å²) in [5.41, 5.74) is -0.928. The van der Waals surface area contributed by atoms with Crippen molar-refractivity contribution in [3.05, 3.63) is 33.8 Å². The number of ether oxygens (including phenoxy) is 1. The van der Waals surface area contributed by atoms with Crippen LogP contribution in [0.25, 0.3) is 0 Å². The molecule has 18 heavy (non-hydrogen) atoms. The van der Waals surface area contributed by atoms with Gasteiger partial charge in [0.15, 0.2) is 0 Å². The maximum Gasteiger partial charge on any atom is 0.316 e. The van der Waals surface area contributed by atoms with E-state index in [0.717, 1.165) is 5.56 Å². The molecule has 2 rings (SSSR count). The molecular weight excluding hydrogens is 275 g/mol. The van der Waals surface area contributed by atoms with Gasteiger partial charge in [0.05, 0.1) is 28.2 Å². The molecule has 1 aromatic rings. The van der Waals surface area contributed by atoms with E-state index in [0.29, 0.717) is 22.9 Å². The number of carbonyl (C=O) groups excluding carboxylic acids is 1. The van der Waals surface area contributed by atoms with Gasteiger partial charge in [-0.1, -0.05) is 29.3 Å². The van der Waals surface area contributed by atoms with Crippen LogP contribution in [0.15, 0.2) is 18.2 Å². The third-order valence-corrected chi connectivity index (χ3v) is 4.15. The number of halogens is 2. The number of hydrogen-bond acceptors (Lipinski definition) is 3. The lowest BCUT2D eigenvalue weighted by Gasteiger charge is -2.49. The van der Waals surface area contributed by atoms with Crippen molar-refractivity contribution in [2.75, 3.05) is 7.11 Å². The minimum atomic E-state index is -0.847. The maximum atomic E-state index is 12.0. The molecular formula is C13H14Cl2O3. The SMILES string of the molecule is COC(=O)C1(c2ccc(Cl)c(Cl)c2)CC(C)(O)C1. The molecule has 1 aliphatic carbocycles. The van der Waals surface area contributed by atoms with Gasteiger partial charge < -0.3 is 9.84 Å². The minimum Gasteiger partial charge on any atom is -0.468 e. The molecule has 0 aromatic heterocycles. The Morgan fingerprint density at radius 2 is 1.94 bits per heavy atom. The van der Waals surface area contributed by atoms with Gasteiger partial charge in [0.2, 0.25) is 0 Å². The normalized spacial score (nSPS) is 30.7. The molecule has 3 nitrogen and oxygen atoms in total. The predicted octanol–water partition coefficient (Wildman–Crippen LogP) is 2.95. The minimum absolute atomic E-state index is 0.324. The number of hydrogen-bond donors (Lipinski definition) is 1. The van der Waals surface area contributed by atoms with E-state index in [1.165, 1.54) is 7.11 Å². The molecule has 0 aliphatic heterocycles. The fraction of sp³-hybridized carbons (Fsp3) is 0.462. The first-order chi connectivity index (χ1) is 8.31. The number of esters is 1. The van der Waals surface area contributed by atoms with Crippen molar-refractivity contribution in [2.24, 2.45) is 0 Å². The van der Waals surface area contributed by atoms with Crippen molar-refractivity contribution in [1.82, 2.24) is 0 Å². The van der Waals surface area contributed by atoms with E-state index in [2.05, 4.69) is 0 Å². The summed E-state index contributed by atoms with van der Waals surface area (Å²) in [6.07, 6.45) is 0.648. The average Bonchev–Trinajstić information content (AvgIpc) is 2.28. The Hall–Kier alpha value is -0.770. The Bertz CT molecular complexity index is 489. The van der Waals surface area contributed by atoms with Gasteiger partial charge in [0, 0.05) is 0 Å².